The smallest absolute Gasteiger partial charge is 0.224 e. The molecule has 5 rings (SSSR count). The number of amides is 1. The van der Waals surface area contributed by atoms with Gasteiger partial charge in [0.05, 0.1) is 25.7 Å². The Balaban J connectivity index is 1.45. The van der Waals surface area contributed by atoms with E-state index < -0.39 is 0 Å². The van der Waals surface area contributed by atoms with E-state index in [1.54, 1.807) is 24.5 Å². The molecule has 2 aliphatic heterocycles. The van der Waals surface area contributed by atoms with Crippen LogP contribution in [0.1, 0.15) is 36.4 Å². The molecule has 32 heavy (non-hydrogen) atoms. The van der Waals surface area contributed by atoms with Crippen LogP contribution in [0, 0.1) is 0 Å². The van der Waals surface area contributed by atoms with Gasteiger partial charge in [-0.25, -0.2) is 0 Å². The molecule has 6 nitrogen and oxygen atoms in total. The van der Waals surface area contributed by atoms with Crippen molar-refractivity contribution >= 4 is 5.91 Å². The predicted octanol–water partition coefficient (Wildman–Crippen LogP) is 4.19. The Morgan fingerprint density at radius 3 is 2.50 bits per heavy atom. The lowest BCUT2D eigenvalue weighted by Crippen LogP contribution is -2.48. The monoisotopic (exact) mass is 430 g/mol. The maximum absolute atomic E-state index is 12.9. The minimum absolute atomic E-state index is 0.0219. The van der Waals surface area contributed by atoms with Crippen LogP contribution in [0.5, 0.6) is 11.5 Å². The fourth-order valence-electron chi connectivity index (χ4n) is 4.61. The van der Waals surface area contributed by atoms with Gasteiger partial charge in [0.15, 0.2) is 0 Å². The van der Waals surface area contributed by atoms with Crippen LogP contribution in [-0.2, 0) is 16.0 Å². The van der Waals surface area contributed by atoms with Crippen LogP contribution in [-0.4, -0.2) is 34.8 Å². The molecule has 2 aromatic carbocycles. The molecule has 1 spiro atoms. The second-order valence-electron chi connectivity index (χ2n) is 8.55. The highest BCUT2D eigenvalue weighted by atomic mass is 16.5. The molecule has 0 saturated carbocycles. The lowest BCUT2D eigenvalue weighted by atomic mass is 9.81. The average Bonchev–Trinajstić information content (AvgIpc) is 2.80. The maximum Gasteiger partial charge on any atom is 0.224 e. The van der Waals surface area contributed by atoms with E-state index in [9.17, 15) is 9.90 Å². The second-order valence-corrected chi connectivity index (χ2v) is 8.55. The number of nitrogens with one attached hydrogen (secondary N) is 1. The van der Waals surface area contributed by atoms with Crippen LogP contribution >= 0.6 is 0 Å². The van der Waals surface area contributed by atoms with Crippen molar-refractivity contribution < 1.29 is 19.4 Å². The number of aromatic nitrogens is 1. The van der Waals surface area contributed by atoms with E-state index in [-0.39, 0.29) is 23.3 Å². The number of ether oxygens (including phenoxy) is 2. The summed E-state index contributed by atoms with van der Waals surface area (Å²) in [4.78, 5) is 17.0. The van der Waals surface area contributed by atoms with Gasteiger partial charge in [0.1, 0.15) is 17.1 Å². The molecule has 0 radical (unpaired) electrons. The van der Waals surface area contributed by atoms with E-state index in [0.717, 1.165) is 40.8 Å². The number of benzene rings is 2. The molecule has 1 amide bonds. The van der Waals surface area contributed by atoms with Gasteiger partial charge in [-0.15, -0.1) is 0 Å². The number of phenolic OH excluding ortho intramolecular Hbond substituents is 1. The van der Waals surface area contributed by atoms with Gasteiger partial charge in [-0.05, 0) is 53.1 Å². The third-order valence-corrected chi connectivity index (χ3v) is 6.34. The normalized spacial score (nSPS) is 19.1. The molecule has 1 unspecified atom stereocenters. The highest BCUT2D eigenvalue weighted by molar-refractivity contribution is 5.79. The third kappa shape index (κ3) is 4.32. The standard InChI is InChI=1S/C26H26N2O4/c29-21-4-1-19(2-5-21)20-3-6-24-22(16-20)23(17-26(32-24)9-13-31-14-10-26)28-25(30)15-18-7-11-27-12-8-18/h1-8,11-12,16,23,29H,9-10,13-15,17H2,(H,28,30). The SMILES string of the molecule is O=C(Cc1ccncc1)NC1CC2(CCOCC2)Oc2ccc(-c3ccc(O)cc3)cc21. The minimum Gasteiger partial charge on any atom is -0.508 e. The van der Waals surface area contributed by atoms with Gasteiger partial charge in [-0.3, -0.25) is 9.78 Å². The predicted molar refractivity (Wildman–Crippen MR) is 120 cm³/mol. The highest BCUT2D eigenvalue weighted by Crippen LogP contribution is 2.45. The zero-order chi connectivity index (χ0) is 22.0. The van der Waals surface area contributed by atoms with Crippen molar-refractivity contribution in [3.05, 3.63) is 78.1 Å². The fraction of sp³-hybridized carbons (Fsp3) is 0.308. The van der Waals surface area contributed by atoms with Crippen LogP contribution in [0.3, 0.4) is 0 Å². The van der Waals surface area contributed by atoms with E-state index in [1.165, 1.54) is 0 Å². The number of phenols is 1. The van der Waals surface area contributed by atoms with Gasteiger partial charge in [0, 0.05) is 37.2 Å². The summed E-state index contributed by atoms with van der Waals surface area (Å²) < 4.78 is 12.1. The fourth-order valence-corrected chi connectivity index (χ4v) is 4.61. The molecule has 1 saturated heterocycles. The first-order valence-corrected chi connectivity index (χ1v) is 11.0. The van der Waals surface area contributed by atoms with Crippen LogP contribution in [0.2, 0.25) is 0 Å². The van der Waals surface area contributed by atoms with Gasteiger partial charge in [0.25, 0.3) is 0 Å². The van der Waals surface area contributed by atoms with Crippen molar-refractivity contribution in [3.63, 3.8) is 0 Å². The molecular formula is C26H26N2O4. The Bertz CT molecular complexity index is 1090. The second kappa shape index (κ2) is 8.63. The number of pyridine rings is 1. The largest absolute Gasteiger partial charge is 0.508 e. The molecule has 0 aliphatic carbocycles. The Morgan fingerprint density at radius 2 is 1.75 bits per heavy atom. The van der Waals surface area contributed by atoms with Crippen molar-refractivity contribution in [3.8, 4) is 22.6 Å². The van der Waals surface area contributed by atoms with Crippen molar-refractivity contribution in [2.45, 2.75) is 37.3 Å². The third-order valence-electron chi connectivity index (χ3n) is 6.34. The minimum atomic E-state index is -0.320. The molecule has 6 heteroatoms. The Labute approximate surface area is 187 Å². The molecule has 2 N–H and O–H groups in total. The molecule has 3 aromatic rings. The van der Waals surface area contributed by atoms with Crippen molar-refractivity contribution in [1.82, 2.24) is 10.3 Å². The van der Waals surface area contributed by atoms with E-state index in [4.69, 9.17) is 9.47 Å². The number of aromatic hydroxyl groups is 1. The summed E-state index contributed by atoms with van der Waals surface area (Å²) in [5.41, 5.74) is 3.61. The number of rotatable bonds is 4. The van der Waals surface area contributed by atoms with E-state index >= 15 is 0 Å². The lowest BCUT2D eigenvalue weighted by molar-refractivity contribution is -0.122. The first-order valence-electron chi connectivity index (χ1n) is 11.0. The summed E-state index contributed by atoms with van der Waals surface area (Å²) in [6, 6.07) is 16.8. The zero-order valence-electron chi connectivity index (χ0n) is 17.8. The van der Waals surface area contributed by atoms with Crippen molar-refractivity contribution in [2.24, 2.45) is 0 Å². The van der Waals surface area contributed by atoms with Gasteiger partial charge >= 0.3 is 0 Å². The molecular weight excluding hydrogens is 404 g/mol. The molecule has 3 heterocycles. The summed E-state index contributed by atoms with van der Waals surface area (Å²) in [5.74, 6) is 1.03. The summed E-state index contributed by atoms with van der Waals surface area (Å²) in [6.45, 7) is 1.33. The Morgan fingerprint density at radius 1 is 1.03 bits per heavy atom. The topological polar surface area (TPSA) is 80.7 Å². The molecule has 2 aliphatic rings. The van der Waals surface area contributed by atoms with Crippen LogP contribution in [0.25, 0.3) is 11.1 Å². The number of hydrogen-bond donors (Lipinski definition) is 2. The molecule has 1 fully saturated rings. The van der Waals surface area contributed by atoms with E-state index in [2.05, 4.69) is 16.4 Å². The van der Waals surface area contributed by atoms with Gasteiger partial charge < -0.3 is 19.9 Å². The quantitative estimate of drug-likeness (QED) is 0.649. The van der Waals surface area contributed by atoms with Crippen molar-refractivity contribution in [1.29, 1.82) is 0 Å². The first kappa shape index (κ1) is 20.5. The molecule has 0 bridgehead atoms. The van der Waals surface area contributed by atoms with Gasteiger partial charge in [0.2, 0.25) is 5.91 Å². The highest BCUT2D eigenvalue weighted by Gasteiger charge is 2.42. The summed E-state index contributed by atoms with van der Waals surface area (Å²) in [6.07, 6.45) is 6.04. The Hall–Kier alpha value is -3.38. The van der Waals surface area contributed by atoms with Crippen LogP contribution in [0.15, 0.2) is 67.0 Å². The number of carbonyl (C=O) groups is 1. The summed E-state index contributed by atoms with van der Waals surface area (Å²) in [5, 5.41) is 12.9. The molecule has 164 valence electrons. The first-order chi connectivity index (χ1) is 15.6. The molecule has 1 atom stereocenters. The summed E-state index contributed by atoms with van der Waals surface area (Å²) in [7, 11) is 0. The van der Waals surface area contributed by atoms with Crippen LogP contribution < -0.4 is 10.1 Å². The lowest BCUT2D eigenvalue weighted by Gasteiger charge is -2.44. The van der Waals surface area contributed by atoms with E-state index in [0.29, 0.717) is 26.1 Å². The maximum atomic E-state index is 12.9. The molecule has 1 aromatic heterocycles. The average molecular weight is 431 g/mol. The van der Waals surface area contributed by atoms with Crippen LogP contribution in [0.4, 0.5) is 0 Å². The zero-order valence-corrected chi connectivity index (χ0v) is 17.8. The van der Waals surface area contributed by atoms with Crippen molar-refractivity contribution in [2.75, 3.05) is 13.2 Å². The number of fused-ring (bicyclic) bond motifs is 1. The summed E-state index contributed by atoms with van der Waals surface area (Å²) >= 11 is 0. The Kier molecular flexibility index (Phi) is 5.53. The van der Waals surface area contributed by atoms with Gasteiger partial charge in [-0.1, -0.05) is 18.2 Å². The number of hydrogen-bond acceptors (Lipinski definition) is 5. The van der Waals surface area contributed by atoms with Gasteiger partial charge in [-0.2, -0.15) is 0 Å². The number of nitrogens with zero attached hydrogens (tertiary/aromatic N) is 1. The van der Waals surface area contributed by atoms with E-state index in [1.807, 2.05) is 36.4 Å². The number of carbonyl (C=O) groups excluding carboxylic acids is 1.